The Bertz CT molecular complexity index is 677. The van der Waals surface area contributed by atoms with E-state index < -0.39 is 22.0 Å². The van der Waals surface area contributed by atoms with Gasteiger partial charge in [-0.05, 0) is 18.2 Å². The molecule has 4 N–H and O–H groups in total. The van der Waals surface area contributed by atoms with Gasteiger partial charge in [0.25, 0.3) is 5.24 Å². The number of carbonyl (C=O) groups is 2. The van der Waals surface area contributed by atoms with Crippen molar-refractivity contribution in [3.8, 4) is 0 Å². The molecule has 2 rings (SSSR count). The predicted octanol–water partition coefficient (Wildman–Crippen LogP) is 0.751. The van der Waals surface area contributed by atoms with E-state index in [1.165, 1.54) is 18.2 Å². The zero-order valence-electron chi connectivity index (χ0n) is 9.92. The van der Waals surface area contributed by atoms with E-state index in [9.17, 15) is 18.0 Å². The molecule has 0 aromatic heterocycles. The number of primary sulfonamides is 1. The van der Waals surface area contributed by atoms with Crippen LogP contribution in [0.2, 0.25) is 5.02 Å². The summed E-state index contributed by atoms with van der Waals surface area (Å²) >= 11 is 6.88. The van der Waals surface area contributed by atoms with Gasteiger partial charge in [-0.2, -0.15) is 0 Å². The smallest absolute Gasteiger partial charge is 0.279 e. The molecule has 1 saturated heterocycles. The highest BCUT2D eigenvalue weighted by molar-refractivity contribution is 8.14. The zero-order valence-corrected chi connectivity index (χ0v) is 12.3. The van der Waals surface area contributed by atoms with Crippen LogP contribution in [0.1, 0.15) is 0 Å². The van der Waals surface area contributed by atoms with E-state index in [-0.39, 0.29) is 20.8 Å². The van der Waals surface area contributed by atoms with Gasteiger partial charge >= 0.3 is 0 Å². The number of nitrogens with two attached hydrogens (primary N) is 1. The molecular formula is C10H10ClN3O4S2. The normalized spacial score (nSPS) is 18.7. The Morgan fingerprint density at radius 1 is 1.50 bits per heavy atom. The van der Waals surface area contributed by atoms with Crippen LogP contribution in [0.3, 0.4) is 0 Å². The van der Waals surface area contributed by atoms with Crippen LogP contribution in [0.25, 0.3) is 0 Å². The van der Waals surface area contributed by atoms with E-state index in [0.717, 1.165) is 11.8 Å². The molecule has 0 saturated carbocycles. The largest absolute Gasteiger partial charge is 0.334 e. The summed E-state index contributed by atoms with van der Waals surface area (Å²) in [5.41, 5.74) is 0.120. The Morgan fingerprint density at radius 2 is 2.20 bits per heavy atom. The van der Waals surface area contributed by atoms with Crippen molar-refractivity contribution in [1.82, 2.24) is 5.32 Å². The van der Waals surface area contributed by atoms with E-state index >= 15 is 0 Å². The van der Waals surface area contributed by atoms with Crippen molar-refractivity contribution in [3.63, 3.8) is 0 Å². The summed E-state index contributed by atoms with van der Waals surface area (Å²) in [4.78, 5) is 22.7. The van der Waals surface area contributed by atoms with Crippen molar-refractivity contribution < 1.29 is 18.0 Å². The summed E-state index contributed by atoms with van der Waals surface area (Å²) in [7, 11) is -3.89. The van der Waals surface area contributed by atoms with Crippen molar-refractivity contribution in [1.29, 1.82) is 0 Å². The number of halogens is 1. The first-order valence-corrected chi connectivity index (χ1v) is 8.25. The molecule has 0 bridgehead atoms. The van der Waals surface area contributed by atoms with Crippen molar-refractivity contribution in [2.45, 2.75) is 10.9 Å². The predicted molar refractivity (Wildman–Crippen MR) is 76.2 cm³/mol. The van der Waals surface area contributed by atoms with Crippen LogP contribution < -0.4 is 15.8 Å². The van der Waals surface area contributed by atoms with Gasteiger partial charge in [-0.15, -0.1) is 0 Å². The fourth-order valence-electron chi connectivity index (χ4n) is 1.52. The molecular weight excluding hydrogens is 326 g/mol. The lowest BCUT2D eigenvalue weighted by Gasteiger charge is -2.12. The molecule has 7 nitrogen and oxygen atoms in total. The van der Waals surface area contributed by atoms with E-state index in [1.807, 2.05) is 0 Å². The van der Waals surface area contributed by atoms with E-state index in [1.54, 1.807) is 0 Å². The first-order valence-electron chi connectivity index (χ1n) is 5.34. The van der Waals surface area contributed by atoms with E-state index in [0.29, 0.717) is 5.75 Å². The van der Waals surface area contributed by atoms with Gasteiger partial charge in [-0.1, -0.05) is 23.4 Å². The molecule has 1 atom stereocenters. The summed E-state index contributed by atoms with van der Waals surface area (Å²) < 4.78 is 22.5. The van der Waals surface area contributed by atoms with E-state index in [4.69, 9.17) is 16.7 Å². The average molecular weight is 336 g/mol. The molecule has 1 aliphatic rings. The molecule has 1 aromatic rings. The fourth-order valence-corrected chi connectivity index (χ4v) is 3.01. The zero-order chi connectivity index (χ0) is 14.9. The number of hydrogen-bond acceptors (Lipinski definition) is 5. The third-order valence-electron chi connectivity index (χ3n) is 2.51. The van der Waals surface area contributed by atoms with Crippen molar-refractivity contribution >= 4 is 50.2 Å². The minimum absolute atomic E-state index is 0.120. The van der Waals surface area contributed by atoms with E-state index in [2.05, 4.69) is 10.6 Å². The molecule has 0 spiro atoms. The topological polar surface area (TPSA) is 118 Å². The van der Waals surface area contributed by atoms with Gasteiger partial charge in [-0.25, -0.2) is 13.6 Å². The Kier molecular flexibility index (Phi) is 4.23. The van der Waals surface area contributed by atoms with Gasteiger partial charge < -0.3 is 10.6 Å². The molecule has 0 radical (unpaired) electrons. The maximum atomic E-state index is 11.9. The Labute approximate surface area is 124 Å². The molecule has 108 valence electrons. The number of thioether (sulfide) groups is 1. The average Bonchev–Trinajstić information content (AvgIpc) is 2.77. The summed E-state index contributed by atoms with van der Waals surface area (Å²) in [6.07, 6.45) is 0. The highest BCUT2D eigenvalue weighted by atomic mass is 35.5. The third-order valence-corrected chi connectivity index (χ3v) is 4.63. The van der Waals surface area contributed by atoms with Crippen molar-refractivity contribution in [2.24, 2.45) is 5.14 Å². The first-order chi connectivity index (χ1) is 9.27. The van der Waals surface area contributed by atoms with Gasteiger partial charge in [0.05, 0.1) is 15.6 Å². The first kappa shape index (κ1) is 15.1. The number of amides is 2. The van der Waals surface area contributed by atoms with Crippen LogP contribution in [0.5, 0.6) is 0 Å². The molecule has 1 fully saturated rings. The standard InChI is InChI=1S/C10H10ClN3O4S2/c11-6-2-1-5(20(12,17)18)3-7(6)13-9(15)8-4-19-10(16)14-8/h1-3,8H,4H2,(H,13,15)(H,14,16)(H2,12,17,18). The third kappa shape index (κ3) is 3.42. The molecule has 1 aromatic carbocycles. The quantitative estimate of drug-likeness (QED) is 0.753. The maximum absolute atomic E-state index is 11.9. The SMILES string of the molecule is NS(=O)(=O)c1ccc(Cl)c(NC(=O)C2CSC(=O)N2)c1. The lowest BCUT2D eigenvalue weighted by Crippen LogP contribution is -2.38. The molecule has 10 heteroatoms. The maximum Gasteiger partial charge on any atom is 0.279 e. The van der Waals surface area contributed by atoms with Gasteiger partial charge in [0.2, 0.25) is 15.9 Å². The number of carbonyl (C=O) groups excluding carboxylic acids is 2. The number of sulfonamides is 1. The highest BCUT2D eigenvalue weighted by Gasteiger charge is 2.28. The Hall–Kier alpha value is -1.29. The van der Waals surface area contributed by atoms with Crippen molar-refractivity contribution in [2.75, 3.05) is 11.1 Å². The van der Waals surface area contributed by atoms with Gasteiger partial charge in [0.1, 0.15) is 6.04 Å². The highest BCUT2D eigenvalue weighted by Crippen LogP contribution is 2.25. The number of hydrogen-bond donors (Lipinski definition) is 3. The molecule has 2 amide bonds. The number of benzene rings is 1. The Balaban J connectivity index is 2.20. The van der Waals surface area contributed by atoms with Gasteiger partial charge in [-0.3, -0.25) is 9.59 Å². The van der Waals surface area contributed by atoms with Crippen molar-refractivity contribution in [3.05, 3.63) is 23.2 Å². The number of rotatable bonds is 3. The van der Waals surface area contributed by atoms with Crippen LogP contribution in [0, 0.1) is 0 Å². The second kappa shape index (κ2) is 5.60. The van der Waals surface area contributed by atoms with Gasteiger partial charge in [0, 0.05) is 5.75 Å². The summed E-state index contributed by atoms with van der Waals surface area (Å²) in [5, 5.41) is 9.82. The lowest BCUT2D eigenvalue weighted by molar-refractivity contribution is -0.117. The monoisotopic (exact) mass is 335 g/mol. The second-order valence-electron chi connectivity index (χ2n) is 3.97. The number of anilines is 1. The second-order valence-corrected chi connectivity index (χ2v) is 6.93. The molecule has 20 heavy (non-hydrogen) atoms. The Morgan fingerprint density at radius 3 is 2.75 bits per heavy atom. The minimum Gasteiger partial charge on any atom is -0.334 e. The van der Waals surface area contributed by atoms with Gasteiger partial charge in [0.15, 0.2) is 0 Å². The van der Waals surface area contributed by atoms with Crippen LogP contribution in [-0.4, -0.2) is 31.4 Å². The minimum atomic E-state index is -3.89. The molecule has 1 aliphatic heterocycles. The van der Waals surface area contributed by atoms with Crippen LogP contribution in [-0.2, 0) is 14.8 Å². The number of nitrogens with one attached hydrogen (secondary N) is 2. The molecule has 0 aliphatic carbocycles. The summed E-state index contributed by atoms with van der Waals surface area (Å²) in [6, 6.07) is 3.04. The molecule has 1 unspecified atom stereocenters. The summed E-state index contributed by atoms with van der Waals surface area (Å²) in [6.45, 7) is 0. The fraction of sp³-hybridized carbons (Fsp3) is 0.200. The van der Waals surface area contributed by atoms with Crippen LogP contribution >= 0.6 is 23.4 Å². The summed E-state index contributed by atoms with van der Waals surface area (Å²) in [5.74, 6) is -0.172. The molecule has 1 heterocycles. The van der Waals surface area contributed by atoms with Crippen LogP contribution in [0.4, 0.5) is 10.5 Å². The lowest BCUT2D eigenvalue weighted by atomic mass is 10.2. The van der Waals surface area contributed by atoms with Crippen LogP contribution in [0.15, 0.2) is 23.1 Å².